The number of para-hydroxylation sites is 1. The van der Waals surface area contributed by atoms with Gasteiger partial charge in [-0.3, -0.25) is 9.59 Å². The molecule has 0 unspecified atom stereocenters. The van der Waals surface area contributed by atoms with E-state index in [4.69, 9.17) is 0 Å². The van der Waals surface area contributed by atoms with Crippen LogP contribution in [-0.2, 0) is 26.0 Å². The van der Waals surface area contributed by atoms with Crippen LogP contribution in [0, 0.1) is 5.92 Å². The summed E-state index contributed by atoms with van der Waals surface area (Å²) >= 11 is 0. The lowest BCUT2D eigenvalue weighted by atomic mass is 9.97. The number of aryl methyl sites for hydroxylation is 1. The number of nitrogens with zero attached hydrogens (tertiary/aromatic N) is 1. The fraction of sp³-hybridized carbons (Fsp3) is 0.529. The van der Waals surface area contributed by atoms with Crippen molar-refractivity contribution < 1.29 is 18.0 Å². The summed E-state index contributed by atoms with van der Waals surface area (Å²) in [7, 11) is -3.20. The van der Waals surface area contributed by atoms with Crippen LogP contribution in [0.3, 0.4) is 0 Å². The van der Waals surface area contributed by atoms with Crippen LogP contribution in [0.2, 0.25) is 0 Å². The molecule has 7 nitrogen and oxygen atoms in total. The zero-order chi connectivity index (χ0) is 18.4. The van der Waals surface area contributed by atoms with Crippen LogP contribution in [0.25, 0.3) is 0 Å². The fourth-order valence-corrected chi connectivity index (χ4v) is 3.78. The van der Waals surface area contributed by atoms with E-state index in [1.165, 1.54) is 10.6 Å². The number of benzene rings is 1. The number of amides is 2. The number of rotatable bonds is 6. The van der Waals surface area contributed by atoms with E-state index in [-0.39, 0.29) is 24.3 Å². The van der Waals surface area contributed by atoms with Gasteiger partial charge in [-0.2, -0.15) is 0 Å². The highest BCUT2D eigenvalue weighted by Crippen LogP contribution is 2.19. The first-order chi connectivity index (χ1) is 11.8. The van der Waals surface area contributed by atoms with E-state index in [2.05, 4.69) is 10.6 Å². The van der Waals surface area contributed by atoms with Crippen molar-refractivity contribution in [3.05, 3.63) is 29.8 Å². The zero-order valence-electron chi connectivity index (χ0n) is 14.6. The molecule has 2 amide bonds. The molecule has 1 aliphatic rings. The van der Waals surface area contributed by atoms with E-state index in [0.29, 0.717) is 25.9 Å². The molecule has 1 fully saturated rings. The Labute approximate surface area is 148 Å². The predicted molar refractivity (Wildman–Crippen MR) is 96.6 cm³/mol. The average molecular weight is 367 g/mol. The van der Waals surface area contributed by atoms with Gasteiger partial charge in [-0.1, -0.05) is 25.1 Å². The summed E-state index contributed by atoms with van der Waals surface area (Å²) in [6, 6.07) is 7.55. The van der Waals surface area contributed by atoms with Crippen molar-refractivity contribution in [2.45, 2.75) is 26.2 Å². The molecule has 0 bridgehead atoms. The second-order valence-electron chi connectivity index (χ2n) is 6.21. The van der Waals surface area contributed by atoms with Gasteiger partial charge in [0.05, 0.1) is 12.8 Å². The third kappa shape index (κ3) is 5.54. The second kappa shape index (κ2) is 8.44. The molecule has 1 heterocycles. The first-order valence-corrected chi connectivity index (χ1v) is 10.3. The Morgan fingerprint density at radius 1 is 1.20 bits per heavy atom. The lowest BCUT2D eigenvalue weighted by Crippen LogP contribution is -2.44. The number of anilines is 1. The Balaban J connectivity index is 1.79. The molecular weight excluding hydrogens is 342 g/mol. The first-order valence-electron chi connectivity index (χ1n) is 8.42. The number of hydrogen-bond acceptors (Lipinski definition) is 4. The fourth-order valence-electron chi connectivity index (χ4n) is 2.91. The Kier molecular flexibility index (Phi) is 6.55. The van der Waals surface area contributed by atoms with E-state index >= 15 is 0 Å². The molecule has 0 radical (unpaired) electrons. The molecule has 0 aromatic heterocycles. The molecule has 2 N–H and O–H groups in total. The van der Waals surface area contributed by atoms with Gasteiger partial charge < -0.3 is 10.6 Å². The summed E-state index contributed by atoms with van der Waals surface area (Å²) in [5.41, 5.74) is 1.79. The second-order valence-corrected chi connectivity index (χ2v) is 8.20. The minimum absolute atomic E-state index is 0.0941. The van der Waals surface area contributed by atoms with E-state index < -0.39 is 10.0 Å². The summed E-state index contributed by atoms with van der Waals surface area (Å²) in [6.07, 6.45) is 2.92. The number of carbonyl (C=O) groups is 2. The maximum Gasteiger partial charge on any atom is 0.243 e. The third-order valence-electron chi connectivity index (χ3n) is 4.39. The van der Waals surface area contributed by atoms with Crippen LogP contribution in [0.5, 0.6) is 0 Å². The van der Waals surface area contributed by atoms with Gasteiger partial charge in [-0.05, 0) is 30.9 Å². The summed E-state index contributed by atoms with van der Waals surface area (Å²) in [5, 5.41) is 5.45. The number of piperidine rings is 1. The molecular formula is C17H25N3O4S. The van der Waals surface area contributed by atoms with E-state index in [1.54, 1.807) is 0 Å². The van der Waals surface area contributed by atoms with Gasteiger partial charge in [-0.25, -0.2) is 12.7 Å². The average Bonchev–Trinajstić information content (AvgIpc) is 2.59. The molecule has 2 rings (SSSR count). The van der Waals surface area contributed by atoms with Crippen LogP contribution >= 0.6 is 0 Å². The van der Waals surface area contributed by atoms with Gasteiger partial charge >= 0.3 is 0 Å². The summed E-state index contributed by atoms with van der Waals surface area (Å²) in [4.78, 5) is 24.2. The highest BCUT2D eigenvalue weighted by molar-refractivity contribution is 7.88. The summed E-state index contributed by atoms with van der Waals surface area (Å²) in [5.74, 6) is -0.733. The molecule has 1 aliphatic heterocycles. The van der Waals surface area contributed by atoms with Gasteiger partial charge in [0.15, 0.2) is 0 Å². The first kappa shape index (κ1) is 19.4. The van der Waals surface area contributed by atoms with Gasteiger partial charge in [0.1, 0.15) is 0 Å². The van der Waals surface area contributed by atoms with E-state index in [1.807, 2.05) is 31.2 Å². The maximum atomic E-state index is 12.2. The van der Waals surface area contributed by atoms with Crippen molar-refractivity contribution in [3.63, 3.8) is 0 Å². The summed E-state index contributed by atoms with van der Waals surface area (Å²) in [6.45, 7) is 2.60. The largest absolute Gasteiger partial charge is 0.347 e. The van der Waals surface area contributed by atoms with Crippen molar-refractivity contribution in [1.82, 2.24) is 9.62 Å². The molecule has 0 atom stereocenters. The molecule has 8 heteroatoms. The third-order valence-corrected chi connectivity index (χ3v) is 5.69. The predicted octanol–water partition coefficient (Wildman–Crippen LogP) is 0.975. The molecule has 0 aliphatic carbocycles. The lowest BCUT2D eigenvalue weighted by molar-refractivity contribution is -0.128. The maximum absolute atomic E-state index is 12.2. The molecule has 138 valence electrons. The van der Waals surface area contributed by atoms with Gasteiger partial charge in [0.2, 0.25) is 21.8 Å². The monoisotopic (exact) mass is 367 g/mol. The van der Waals surface area contributed by atoms with Gasteiger partial charge in [0.25, 0.3) is 0 Å². The standard InChI is InChI=1S/C17H25N3O4S/c1-3-13-6-4-5-7-15(13)19-16(21)12-18-17(22)14-8-10-20(11-9-14)25(2,23)24/h4-7,14H,3,8-12H2,1-2H3,(H,18,22)(H,19,21). The van der Waals surface area contributed by atoms with Gasteiger partial charge in [0, 0.05) is 24.7 Å². The Morgan fingerprint density at radius 2 is 1.84 bits per heavy atom. The van der Waals surface area contributed by atoms with Crippen molar-refractivity contribution in [2.24, 2.45) is 5.92 Å². The molecule has 1 saturated heterocycles. The van der Waals surface area contributed by atoms with E-state index in [9.17, 15) is 18.0 Å². The van der Waals surface area contributed by atoms with Crippen molar-refractivity contribution in [1.29, 1.82) is 0 Å². The molecule has 1 aromatic rings. The summed E-state index contributed by atoms with van der Waals surface area (Å²) < 4.78 is 24.3. The van der Waals surface area contributed by atoms with Crippen LogP contribution in [0.15, 0.2) is 24.3 Å². The zero-order valence-corrected chi connectivity index (χ0v) is 15.4. The van der Waals surface area contributed by atoms with Crippen LogP contribution in [0.1, 0.15) is 25.3 Å². The lowest BCUT2D eigenvalue weighted by Gasteiger charge is -2.29. The van der Waals surface area contributed by atoms with Crippen molar-refractivity contribution in [3.8, 4) is 0 Å². The molecule has 25 heavy (non-hydrogen) atoms. The smallest absolute Gasteiger partial charge is 0.243 e. The highest BCUT2D eigenvalue weighted by atomic mass is 32.2. The van der Waals surface area contributed by atoms with Crippen LogP contribution < -0.4 is 10.6 Å². The van der Waals surface area contributed by atoms with Crippen LogP contribution in [-0.4, -0.2) is 50.4 Å². The Hall–Kier alpha value is -1.93. The molecule has 0 spiro atoms. The molecule has 1 aromatic carbocycles. The topological polar surface area (TPSA) is 95.6 Å². The van der Waals surface area contributed by atoms with Gasteiger partial charge in [-0.15, -0.1) is 0 Å². The number of sulfonamides is 1. The Morgan fingerprint density at radius 3 is 2.44 bits per heavy atom. The van der Waals surface area contributed by atoms with Crippen molar-refractivity contribution >= 4 is 27.5 Å². The van der Waals surface area contributed by atoms with Crippen molar-refractivity contribution in [2.75, 3.05) is 31.2 Å². The minimum Gasteiger partial charge on any atom is -0.347 e. The number of carbonyl (C=O) groups excluding carboxylic acids is 2. The SMILES string of the molecule is CCc1ccccc1NC(=O)CNC(=O)C1CCN(S(C)(=O)=O)CC1. The van der Waals surface area contributed by atoms with E-state index in [0.717, 1.165) is 17.7 Å². The number of nitrogens with one attached hydrogen (secondary N) is 2. The Bertz CT molecular complexity index is 725. The minimum atomic E-state index is -3.20. The van der Waals surface area contributed by atoms with Crippen LogP contribution in [0.4, 0.5) is 5.69 Å². The quantitative estimate of drug-likeness (QED) is 0.783. The molecule has 0 saturated carbocycles. The highest BCUT2D eigenvalue weighted by Gasteiger charge is 2.28. The number of hydrogen-bond donors (Lipinski definition) is 2. The normalized spacial score (nSPS) is 16.4.